The molecule has 1 aliphatic carbocycles. The van der Waals surface area contributed by atoms with Gasteiger partial charge in [0.2, 0.25) is 5.91 Å². The third kappa shape index (κ3) is 3.81. The molecule has 0 saturated carbocycles. The molecule has 9 heteroatoms. The summed E-state index contributed by atoms with van der Waals surface area (Å²) in [4.78, 5) is 44.9. The zero-order valence-corrected chi connectivity index (χ0v) is 16.2. The van der Waals surface area contributed by atoms with Crippen molar-refractivity contribution in [1.82, 2.24) is 29.5 Å². The van der Waals surface area contributed by atoms with Crippen LogP contribution in [0.1, 0.15) is 46.2 Å². The van der Waals surface area contributed by atoms with E-state index in [0.717, 1.165) is 30.5 Å². The lowest BCUT2D eigenvalue weighted by Gasteiger charge is -2.27. The molecule has 1 atom stereocenters. The Labute approximate surface area is 157 Å². The van der Waals surface area contributed by atoms with Gasteiger partial charge in [0.1, 0.15) is 5.69 Å². The van der Waals surface area contributed by atoms with E-state index in [1.807, 2.05) is 13.2 Å². The van der Waals surface area contributed by atoms with Gasteiger partial charge in [0.15, 0.2) is 0 Å². The average Bonchev–Trinajstić information content (AvgIpc) is 3.18. The Hall–Kier alpha value is -2.84. The number of aryl methyl sites for hydroxylation is 3. The van der Waals surface area contributed by atoms with Crippen LogP contribution < -0.4 is 5.69 Å². The zero-order valence-electron chi connectivity index (χ0n) is 16.2. The number of rotatable bonds is 5. The van der Waals surface area contributed by atoms with E-state index in [0.29, 0.717) is 18.8 Å². The largest absolute Gasteiger partial charge is 0.343 e. The van der Waals surface area contributed by atoms with E-state index < -0.39 is 5.69 Å². The predicted molar refractivity (Wildman–Crippen MR) is 99.6 cm³/mol. The van der Waals surface area contributed by atoms with Crippen molar-refractivity contribution in [2.45, 2.75) is 32.1 Å². The number of nitrogens with one attached hydrogen (secondary N) is 2. The molecule has 9 nitrogen and oxygen atoms in total. The van der Waals surface area contributed by atoms with Crippen LogP contribution in [0.25, 0.3) is 0 Å². The SMILES string of the molecule is Cc1[nH]c(=O)[nH]c1C(=O)N(C)CCN(C)C(=O)C1CCCc2nn(C)cc21. The lowest BCUT2D eigenvalue weighted by atomic mass is 9.86. The maximum Gasteiger partial charge on any atom is 0.323 e. The molecule has 2 heterocycles. The van der Waals surface area contributed by atoms with Gasteiger partial charge in [0, 0.05) is 51.7 Å². The number of amides is 2. The predicted octanol–water partition coefficient (Wildman–Crippen LogP) is 0.395. The first-order chi connectivity index (χ1) is 12.8. The molecule has 0 radical (unpaired) electrons. The number of carbonyl (C=O) groups excluding carboxylic acids is 2. The number of fused-ring (bicyclic) bond motifs is 1. The average molecular weight is 374 g/mol. The number of likely N-dealkylation sites (N-methyl/N-ethyl adjacent to an activating group) is 2. The molecule has 0 fully saturated rings. The molecular weight excluding hydrogens is 348 g/mol. The Morgan fingerprint density at radius 2 is 1.96 bits per heavy atom. The van der Waals surface area contributed by atoms with Crippen molar-refractivity contribution in [3.05, 3.63) is 39.3 Å². The number of hydrogen-bond donors (Lipinski definition) is 2. The van der Waals surface area contributed by atoms with E-state index in [1.54, 1.807) is 30.6 Å². The molecule has 0 saturated heterocycles. The summed E-state index contributed by atoms with van der Waals surface area (Å²) >= 11 is 0. The highest BCUT2D eigenvalue weighted by Gasteiger charge is 2.31. The highest BCUT2D eigenvalue weighted by molar-refractivity contribution is 5.93. The Morgan fingerprint density at radius 3 is 2.63 bits per heavy atom. The summed E-state index contributed by atoms with van der Waals surface area (Å²) < 4.78 is 1.77. The van der Waals surface area contributed by atoms with E-state index in [9.17, 15) is 14.4 Å². The van der Waals surface area contributed by atoms with Crippen LogP contribution in [0.3, 0.4) is 0 Å². The third-order valence-corrected chi connectivity index (χ3v) is 5.14. The van der Waals surface area contributed by atoms with Crippen molar-refractivity contribution in [3.63, 3.8) is 0 Å². The standard InChI is InChI=1S/C18H26N6O3/c1-11-15(20-18(27)19-11)17(26)23(3)9-8-22(2)16(25)12-6-5-7-14-13(12)10-24(4)21-14/h10,12H,5-9H2,1-4H3,(H2,19,20,27). The second-order valence-electron chi connectivity index (χ2n) is 7.22. The maximum atomic E-state index is 12.9. The van der Waals surface area contributed by atoms with Gasteiger partial charge in [-0.1, -0.05) is 0 Å². The summed E-state index contributed by atoms with van der Waals surface area (Å²) in [7, 11) is 5.29. The van der Waals surface area contributed by atoms with E-state index in [4.69, 9.17) is 0 Å². The molecule has 2 amide bonds. The molecule has 3 rings (SSSR count). The van der Waals surface area contributed by atoms with Gasteiger partial charge in [0.25, 0.3) is 5.91 Å². The second kappa shape index (κ2) is 7.42. The van der Waals surface area contributed by atoms with Crippen LogP contribution in [0.5, 0.6) is 0 Å². The highest BCUT2D eigenvalue weighted by Crippen LogP contribution is 2.32. The molecule has 0 aromatic carbocycles. The van der Waals surface area contributed by atoms with Gasteiger partial charge in [-0.15, -0.1) is 0 Å². The summed E-state index contributed by atoms with van der Waals surface area (Å²) in [5, 5.41) is 4.45. The van der Waals surface area contributed by atoms with E-state index in [-0.39, 0.29) is 23.4 Å². The minimum Gasteiger partial charge on any atom is -0.343 e. The fraction of sp³-hybridized carbons (Fsp3) is 0.556. The van der Waals surface area contributed by atoms with Crippen molar-refractivity contribution in [2.24, 2.45) is 7.05 Å². The van der Waals surface area contributed by atoms with Crippen LogP contribution >= 0.6 is 0 Å². The number of nitrogens with zero attached hydrogens (tertiary/aromatic N) is 4. The highest BCUT2D eigenvalue weighted by atomic mass is 16.2. The van der Waals surface area contributed by atoms with Gasteiger partial charge >= 0.3 is 5.69 Å². The lowest BCUT2D eigenvalue weighted by molar-refractivity contribution is -0.132. The van der Waals surface area contributed by atoms with Gasteiger partial charge in [-0.2, -0.15) is 5.10 Å². The molecule has 27 heavy (non-hydrogen) atoms. The van der Waals surface area contributed by atoms with Crippen LogP contribution in [-0.4, -0.2) is 68.5 Å². The molecule has 0 bridgehead atoms. The maximum absolute atomic E-state index is 12.9. The van der Waals surface area contributed by atoms with Gasteiger partial charge in [-0.05, 0) is 26.2 Å². The van der Waals surface area contributed by atoms with E-state index in [2.05, 4.69) is 15.1 Å². The molecule has 2 aromatic rings. The summed E-state index contributed by atoms with van der Waals surface area (Å²) in [6.07, 6.45) is 4.62. The fourth-order valence-corrected chi connectivity index (χ4v) is 3.58. The van der Waals surface area contributed by atoms with Crippen LogP contribution in [-0.2, 0) is 18.3 Å². The molecule has 2 N–H and O–H groups in total. The Kier molecular flexibility index (Phi) is 5.20. The molecule has 2 aromatic heterocycles. The van der Waals surface area contributed by atoms with Gasteiger partial charge in [0.05, 0.1) is 11.6 Å². The van der Waals surface area contributed by atoms with Crippen LogP contribution in [0.15, 0.2) is 11.0 Å². The molecular formula is C18H26N6O3. The van der Waals surface area contributed by atoms with Crippen molar-refractivity contribution in [3.8, 4) is 0 Å². The number of hydrogen-bond acceptors (Lipinski definition) is 4. The summed E-state index contributed by atoms with van der Waals surface area (Å²) in [6.45, 7) is 2.46. The van der Waals surface area contributed by atoms with Crippen molar-refractivity contribution < 1.29 is 9.59 Å². The quantitative estimate of drug-likeness (QED) is 0.790. The summed E-state index contributed by atoms with van der Waals surface area (Å²) in [5.74, 6) is -0.397. The molecule has 1 unspecified atom stereocenters. The Bertz CT molecular complexity index is 909. The van der Waals surface area contributed by atoms with Gasteiger partial charge in [-0.25, -0.2) is 4.79 Å². The monoisotopic (exact) mass is 374 g/mol. The first-order valence-corrected chi connectivity index (χ1v) is 9.09. The van der Waals surface area contributed by atoms with Crippen LogP contribution in [0.4, 0.5) is 0 Å². The topological polar surface area (TPSA) is 107 Å². The molecule has 0 spiro atoms. The molecule has 0 aliphatic heterocycles. The zero-order chi connectivity index (χ0) is 19.7. The smallest absolute Gasteiger partial charge is 0.323 e. The number of aromatic amines is 2. The van der Waals surface area contributed by atoms with Gasteiger partial charge < -0.3 is 19.8 Å². The number of H-pyrrole nitrogens is 2. The Morgan fingerprint density at radius 1 is 1.26 bits per heavy atom. The lowest BCUT2D eigenvalue weighted by Crippen LogP contribution is -2.40. The minimum absolute atomic E-state index is 0.0519. The summed E-state index contributed by atoms with van der Waals surface area (Å²) in [5.41, 5.74) is 2.39. The summed E-state index contributed by atoms with van der Waals surface area (Å²) in [6, 6.07) is 0. The molecule has 1 aliphatic rings. The number of carbonyl (C=O) groups is 2. The number of aromatic nitrogens is 4. The first-order valence-electron chi connectivity index (χ1n) is 9.09. The first kappa shape index (κ1) is 18.9. The van der Waals surface area contributed by atoms with Crippen molar-refractivity contribution in [1.29, 1.82) is 0 Å². The normalized spacial score (nSPS) is 16.1. The van der Waals surface area contributed by atoms with Crippen molar-refractivity contribution >= 4 is 11.8 Å². The fourth-order valence-electron chi connectivity index (χ4n) is 3.58. The third-order valence-electron chi connectivity index (χ3n) is 5.14. The van der Waals surface area contributed by atoms with Crippen LogP contribution in [0, 0.1) is 6.92 Å². The van der Waals surface area contributed by atoms with Crippen LogP contribution in [0.2, 0.25) is 0 Å². The Balaban J connectivity index is 1.61. The number of imidazole rings is 1. The van der Waals surface area contributed by atoms with E-state index in [1.165, 1.54) is 4.90 Å². The van der Waals surface area contributed by atoms with Crippen molar-refractivity contribution in [2.75, 3.05) is 27.2 Å². The van der Waals surface area contributed by atoms with E-state index >= 15 is 0 Å². The van der Waals surface area contributed by atoms with Gasteiger partial charge in [-0.3, -0.25) is 14.3 Å². The second-order valence-corrected chi connectivity index (χ2v) is 7.22. The minimum atomic E-state index is -0.402. The molecule has 146 valence electrons.